The molecule has 3 N–H and O–H groups in total. The second kappa shape index (κ2) is 3.92. The number of hydrogen-bond donors (Lipinski definition) is 2. The third kappa shape index (κ3) is 1.81. The lowest BCUT2D eigenvalue weighted by molar-refractivity contribution is 0.177. The van der Waals surface area contributed by atoms with Gasteiger partial charge in [-0.3, -0.25) is 0 Å². The Morgan fingerprint density at radius 3 is 3.07 bits per heavy atom. The van der Waals surface area contributed by atoms with Crippen LogP contribution in [0.2, 0.25) is 0 Å². The number of aromatic nitrogens is 4. The predicted octanol–water partition coefficient (Wildman–Crippen LogP) is -0.321. The fraction of sp³-hybridized carbons (Fsp3) is 0.444. The van der Waals surface area contributed by atoms with Gasteiger partial charge in [0.05, 0.1) is 0 Å². The molecule has 1 unspecified atom stereocenters. The molecule has 1 atom stereocenters. The van der Waals surface area contributed by atoms with Gasteiger partial charge in [-0.1, -0.05) is 6.92 Å². The summed E-state index contributed by atoms with van der Waals surface area (Å²) in [7, 11) is 0. The molecule has 0 fully saturated rings. The zero-order valence-electron chi connectivity index (χ0n) is 8.46. The maximum absolute atomic E-state index is 9.47. The minimum absolute atomic E-state index is 0.109. The van der Waals surface area contributed by atoms with Gasteiger partial charge in [-0.25, -0.2) is 9.50 Å². The van der Waals surface area contributed by atoms with Gasteiger partial charge in [0.1, 0.15) is 6.10 Å². The number of nitrogens with zero attached hydrogens (tertiary/aromatic N) is 4. The molecule has 0 spiro atoms. The Kier molecular flexibility index (Phi) is 2.61. The van der Waals surface area contributed by atoms with Crippen molar-refractivity contribution in [2.24, 2.45) is 5.73 Å². The van der Waals surface area contributed by atoms with E-state index in [1.807, 2.05) is 13.1 Å². The van der Waals surface area contributed by atoms with Gasteiger partial charge in [0.2, 0.25) is 0 Å². The molecular formula is C9H13N5O. The van der Waals surface area contributed by atoms with E-state index in [1.165, 1.54) is 0 Å². The average molecular weight is 207 g/mol. The number of hydrogen-bond acceptors (Lipinski definition) is 5. The molecule has 6 nitrogen and oxygen atoms in total. The highest BCUT2D eigenvalue weighted by Crippen LogP contribution is 2.08. The van der Waals surface area contributed by atoms with E-state index >= 15 is 0 Å². The molecule has 0 bridgehead atoms. The summed E-state index contributed by atoms with van der Waals surface area (Å²) in [5.41, 5.74) is 6.39. The van der Waals surface area contributed by atoms with Crippen molar-refractivity contribution >= 4 is 5.78 Å². The van der Waals surface area contributed by atoms with Crippen LogP contribution in [0.15, 0.2) is 12.4 Å². The zero-order chi connectivity index (χ0) is 10.8. The Bertz CT molecular complexity index is 466. The van der Waals surface area contributed by atoms with Gasteiger partial charge < -0.3 is 10.8 Å². The number of nitrogens with two attached hydrogens (primary N) is 1. The average Bonchev–Trinajstić information content (AvgIpc) is 2.70. The van der Waals surface area contributed by atoms with Crippen molar-refractivity contribution in [1.29, 1.82) is 0 Å². The Hall–Kier alpha value is -1.53. The number of aryl methyl sites for hydroxylation is 1. The molecule has 0 aromatic carbocycles. The molecule has 15 heavy (non-hydrogen) atoms. The SMILES string of the molecule is CCc1cnc2nc(C(O)CN)nn2c1. The zero-order valence-corrected chi connectivity index (χ0v) is 8.46. The van der Waals surface area contributed by atoms with Crippen LogP contribution in [0.25, 0.3) is 5.78 Å². The molecule has 0 saturated carbocycles. The van der Waals surface area contributed by atoms with Crippen molar-refractivity contribution in [3.8, 4) is 0 Å². The second-order valence-corrected chi connectivity index (χ2v) is 3.28. The van der Waals surface area contributed by atoms with E-state index in [-0.39, 0.29) is 6.54 Å². The summed E-state index contributed by atoms with van der Waals surface area (Å²) in [5, 5.41) is 13.6. The Morgan fingerprint density at radius 2 is 2.40 bits per heavy atom. The van der Waals surface area contributed by atoms with Gasteiger partial charge in [-0.2, -0.15) is 4.98 Å². The van der Waals surface area contributed by atoms with Gasteiger partial charge >= 0.3 is 0 Å². The number of aliphatic hydroxyl groups excluding tert-OH is 1. The van der Waals surface area contributed by atoms with E-state index in [1.54, 1.807) is 10.7 Å². The molecule has 0 saturated heterocycles. The van der Waals surface area contributed by atoms with Crippen LogP contribution in [0.1, 0.15) is 24.4 Å². The molecular weight excluding hydrogens is 194 g/mol. The molecule has 2 aromatic rings. The van der Waals surface area contributed by atoms with Gasteiger partial charge in [-0.05, 0) is 12.0 Å². The minimum atomic E-state index is -0.822. The highest BCUT2D eigenvalue weighted by Gasteiger charge is 2.12. The van der Waals surface area contributed by atoms with Crippen molar-refractivity contribution in [3.63, 3.8) is 0 Å². The molecule has 0 radical (unpaired) electrons. The van der Waals surface area contributed by atoms with Gasteiger partial charge in [0.25, 0.3) is 5.78 Å². The van der Waals surface area contributed by atoms with Crippen LogP contribution in [0.4, 0.5) is 0 Å². The number of fused-ring (bicyclic) bond motifs is 1. The maximum Gasteiger partial charge on any atom is 0.252 e. The molecule has 6 heteroatoms. The quantitative estimate of drug-likeness (QED) is 0.720. The number of aliphatic hydroxyl groups is 1. The fourth-order valence-corrected chi connectivity index (χ4v) is 1.27. The van der Waals surface area contributed by atoms with E-state index in [9.17, 15) is 5.11 Å². The van der Waals surface area contributed by atoms with Crippen molar-refractivity contribution in [2.75, 3.05) is 6.54 Å². The summed E-state index contributed by atoms with van der Waals surface area (Å²) in [6, 6.07) is 0. The molecule has 80 valence electrons. The Labute approximate surface area is 86.8 Å². The predicted molar refractivity (Wildman–Crippen MR) is 54.2 cm³/mol. The topological polar surface area (TPSA) is 89.3 Å². The maximum atomic E-state index is 9.47. The summed E-state index contributed by atoms with van der Waals surface area (Å²) in [6.07, 6.45) is 3.67. The second-order valence-electron chi connectivity index (χ2n) is 3.28. The van der Waals surface area contributed by atoms with E-state index in [4.69, 9.17) is 5.73 Å². The summed E-state index contributed by atoms with van der Waals surface area (Å²) in [6.45, 7) is 2.15. The largest absolute Gasteiger partial charge is 0.384 e. The first-order chi connectivity index (χ1) is 7.24. The highest BCUT2D eigenvalue weighted by atomic mass is 16.3. The Morgan fingerprint density at radius 1 is 1.60 bits per heavy atom. The first-order valence-electron chi connectivity index (χ1n) is 4.84. The van der Waals surface area contributed by atoms with Crippen LogP contribution in [-0.4, -0.2) is 31.2 Å². The van der Waals surface area contributed by atoms with Crippen LogP contribution in [0, 0.1) is 0 Å². The van der Waals surface area contributed by atoms with Crippen molar-refractivity contribution in [3.05, 3.63) is 23.8 Å². The monoisotopic (exact) mass is 207 g/mol. The fourth-order valence-electron chi connectivity index (χ4n) is 1.27. The molecule has 2 aromatic heterocycles. The van der Waals surface area contributed by atoms with Gasteiger partial charge in [0, 0.05) is 18.9 Å². The normalized spacial score (nSPS) is 13.3. The van der Waals surface area contributed by atoms with Crippen molar-refractivity contribution < 1.29 is 5.11 Å². The third-order valence-electron chi connectivity index (χ3n) is 2.19. The van der Waals surface area contributed by atoms with Crippen molar-refractivity contribution in [1.82, 2.24) is 19.6 Å². The van der Waals surface area contributed by atoms with Crippen molar-refractivity contribution in [2.45, 2.75) is 19.4 Å². The van der Waals surface area contributed by atoms with Crippen LogP contribution < -0.4 is 5.73 Å². The van der Waals surface area contributed by atoms with E-state index < -0.39 is 6.10 Å². The molecule has 0 amide bonds. The molecule has 2 heterocycles. The Balaban J connectivity index is 2.46. The van der Waals surface area contributed by atoms with Crippen LogP contribution >= 0.6 is 0 Å². The molecule has 2 rings (SSSR count). The lowest BCUT2D eigenvalue weighted by Crippen LogP contribution is -2.13. The summed E-state index contributed by atoms with van der Waals surface area (Å²) in [5.74, 6) is 0.799. The lowest BCUT2D eigenvalue weighted by atomic mass is 10.3. The standard InChI is InChI=1S/C9H13N5O/c1-2-6-4-11-9-12-8(7(15)3-10)13-14(9)5-6/h4-5,7,15H,2-3,10H2,1H3. The van der Waals surface area contributed by atoms with Crippen LogP contribution in [0.5, 0.6) is 0 Å². The lowest BCUT2D eigenvalue weighted by Gasteiger charge is -1.98. The first-order valence-corrected chi connectivity index (χ1v) is 4.84. The summed E-state index contributed by atoms with van der Waals surface area (Å²) < 4.78 is 1.56. The molecule has 0 aliphatic heterocycles. The third-order valence-corrected chi connectivity index (χ3v) is 2.19. The minimum Gasteiger partial charge on any atom is -0.384 e. The smallest absolute Gasteiger partial charge is 0.252 e. The van der Waals surface area contributed by atoms with Crippen LogP contribution in [0.3, 0.4) is 0 Å². The van der Waals surface area contributed by atoms with Gasteiger partial charge in [0.15, 0.2) is 5.82 Å². The van der Waals surface area contributed by atoms with E-state index in [2.05, 4.69) is 15.1 Å². The van der Waals surface area contributed by atoms with Crippen LogP contribution in [-0.2, 0) is 6.42 Å². The molecule has 0 aliphatic carbocycles. The van der Waals surface area contributed by atoms with Gasteiger partial charge in [-0.15, -0.1) is 5.10 Å². The van der Waals surface area contributed by atoms with E-state index in [0.29, 0.717) is 11.6 Å². The summed E-state index contributed by atoms with van der Waals surface area (Å²) >= 11 is 0. The summed E-state index contributed by atoms with van der Waals surface area (Å²) in [4.78, 5) is 8.20. The number of rotatable bonds is 3. The molecule has 0 aliphatic rings. The first kappa shape index (κ1) is 10.0. The highest BCUT2D eigenvalue weighted by molar-refractivity contribution is 5.28. The van der Waals surface area contributed by atoms with E-state index in [0.717, 1.165) is 12.0 Å².